The molecular weight excluding hydrogens is 256 g/mol. The molecule has 1 fully saturated rings. The molecule has 20 heavy (non-hydrogen) atoms. The molecule has 5 nitrogen and oxygen atoms in total. The van der Waals surface area contributed by atoms with Crippen molar-refractivity contribution in [2.75, 3.05) is 6.54 Å². The van der Waals surface area contributed by atoms with Crippen LogP contribution in [0, 0.1) is 10.1 Å². The van der Waals surface area contributed by atoms with Crippen LogP contribution in [0.5, 0.6) is 0 Å². The Morgan fingerprint density at radius 3 is 2.90 bits per heavy atom. The molecule has 1 saturated heterocycles. The number of nitrogens with zero attached hydrogens (tertiary/aromatic N) is 2. The van der Waals surface area contributed by atoms with Crippen LogP contribution in [0.1, 0.15) is 36.0 Å². The van der Waals surface area contributed by atoms with Crippen LogP contribution in [0.3, 0.4) is 0 Å². The Morgan fingerprint density at radius 1 is 1.45 bits per heavy atom. The molecule has 5 heteroatoms. The van der Waals surface area contributed by atoms with Gasteiger partial charge in [-0.05, 0) is 31.7 Å². The van der Waals surface area contributed by atoms with Crippen molar-refractivity contribution < 1.29 is 9.72 Å². The molecule has 0 radical (unpaired) electrons. The van der Waals surface area contributed by atoms with E-state index in [-0.39, 0.29) is 23.2 Å². The van der Waals surface area contributed by atoms with Gasteiger partial charge in [-0.1, -0.05) is 18.2 Å². The number of benzene rings is 1. The fraction of sp³-hybridized carbons (Fsp3) is 0.400. The maximum atomic E-state index is 12.6. The minimum Gasteiger partial charge on any atom is -0.335 e. The number of piperidine rings is 1. The number of likely N-dealkylation sites (tertiary alicyclic amines) is 1. The fourth-order valence-electron chi connectivity index (χ4n) is 2.67. The van der Waals surface area contributed by atoms with Gasteiger partial charge in [0, 0.05) is 18.7 Å². The number of carbonyl (C=O) groups is 1. The highest BCUT2D eigenvalue weighted by atomic mass is 16.6. The predicted molar refractivity (Wildman–Crippen MR) is 76.6 cm³/mol. The molecule has 0 spiro atoms. The number of hydrogen-bond donors (Lipinski definition) is 0. The third-order valence-electron chi connectivity index (χ3n) is 3.66. The molecule has 0 aromatic heterocycles. The van der Waals surface area contributed by atoms with Crippen LogP contribution < -0.4 is 0 Å². The summed E-state index contributed by atoms with van der Waals surface area (Å²) in [5.74, 6) is -0.246. The Bertz CT molecular complexity index is 528. The maximum Gasteiger partial charge on any atom is 0.282 e. The maximum absolute atomic E-state index is 12.6. The lowest BCUT2D eigenvalue weighted by Crippen LogP contribution is -2.43. The van der Waals surface area contributed by atoms with Gasteiger partial charge in [0.25, 0.3) is 11.6 Å². The minimum absolute atomic E-state index is 0.105. The van der Waals surface area contributed by atoms with Gasteiger partial charge in [-0.15, -0.1) is 6.58 Å². The van der Waals surface area contributed by atoms with Crippen molar-refractivity contribution in [3.05, 3.63) is 52.6 Å². The van der Waals surface area contributed by atoms with Crippen LogP contribution in [0.15, 0.2) is 36.9 Å². The predicted octanol–water partition coefficient (Wildman–Crippen LogP) is 3.17. The summed E-state index contributed by atoms with van der Waals surface area (Å²) in [6, 6.07) is 6.24. The van der Waals surface area contributed by atoms with E-state index < -0.39 is 4.92 Å². The molecule has 106 valence electrons. The van der Waals surface area contributed by atoms with Crippen LogP contribution in [-0.2, 0) is 0 Å². The monoisotopic (exact) mass is 274 g/mol. The van der Waals surface area contributed by atoms with Gasteiger partial charge in [0.2, 0.25) is 0 Å². The molecule has 0 N–H and O–H groups in total. The molecule has 2 rings (SSSR count). The van der Waals surface area contributed by atoms with Gasteiger partial charge in [-0.25, -0.2) is 0 Å². The third-order valence-corrected chi connectivity index (χ3v) is 3.66. The smallest absolute Gasteiger partial charge is 0.282 e. The molecule has 1 aromatic carbocycles. The van der Waals surface area contributed by atoms with Crippen molar-refractivity contribution in [3.63, 3.8) is 0 Å². The van der Waals surface area contributed by atoms with E-state index in [0.717, 1.165) is 25.7 Å². The largest absolute Gasteiger partial charge is 0.335 e. The van der Waals surface area contributed by atoms with Crippen LogP contribution in [0.4, 0.5) is 5.69 Å². The number of hydrogen-bond acceptors (Lipinski definition) is 3. The van der Waals surface area contributed by atoms with Gasteiger partial charge in [0.15, 0.2) is 0 Å². The summed E-state index contributed by atoms with van der Waals surface area (Å²) in [4.78, 5) is 24.9. The van der Waals surface area contributed by atoms with Crippen LogP contribution in [0.2, 0.25) is 0 Å². The van der Waals surface area contributed by atoms with E-state index in [9.17, 15) is 14.9 Å². The number of carbonyl (C=O) groups excluding carboxylic acids is 1. The quantitative estimate of drug-likeness (QED) is 0.481. The standard InChI is InChI=1S/C15H18N2O3/c1-2-7-12-8-5-6-11-16(12)15(18)13-9-3-4-10-14(13)17(19)20/h2-4,9-10,12H,1,5-8,11H2. The first-order valence-corrected chi connectivity index (χ1v) is 6.80. The van der Waals surface area contributed by atoms with Gasteiger partial charge in [-0.3, -0.25) is 14.9 Å². The van der Waals surface area contributed by atoms with Gasteiger partial charge in [0.05, 0.1) is 4.92 Å². The normalized spacial score (nSPS) is 18.6. The van der Waals surface area contributed by atoms with E-state index in [1.54, 1.807) is 23.1 Å². The van der Waals surface area contributed by atoms with Crippen molar-refractivity contribution in [2.24, 2.45) is 0 Å². The number of nitro groups is 1. The summed E-state index contributed by atoms with van der Waals surface area (Å²) in [5, 5.41) is 11.0. The van der Waals surface area contributed by atoms with E-state index in [2.05, 4.69) is 6.58 Å². The average molecular weight is 274 g/mol. The minimum atomic E-state index is -0.500. The van der Waals surface area contributed by atoms with Gasteiger partial charge in [0.1, 0.15) is 5.56 Å². The van der Waals surface area contributed by atoms with Gasteiger partial charge < -0.3 is 4.90 Å². The van der Waals surface area contributed by atoms with Crippen molar-refractivity contribution >= 4 is 11.6 Å². The number of nitro benzene ring substituents is 1. The van der Waals surface area contributed by atoms with E-state index in [4.69, 9.17) is 0 Å². The summed E-state index contributed by atoms with van der Waals surface area (Å²) in [6.07, 6.45) is 5.49. The zero-order chi connectivity index (χ0) is 14.5. The summed E-state index contributed by atoms with van der Waals surface area (Å²) in [5.41, 5.74) is 0.0499. The molecule has 0 bridgehead atoms. The van der Waals surface area contributed by atoms with Crippen LogP contribution in [0.25, 0.3) is 0 Å². The lowest BCUT2D eigenvalue weighted by Gasteiger charge is -2.35. The highest BCUT2D eigenvalue weighted by molar-refractivity contribution is 5.98. The van der Waals surface area contributed by atoms with E-state index in [0.29, 0.717) is 6.54 Å². The summed E-state index contributed by atoms with van der Waals surface area (Å²) in [7, 11) is 0. The molecular formula is C15H18N2O3. The Hall–Kier alpha value is -2.17. The Kier molecular flexibility index (Phi) is 4.50. The van der Waals surface area contributed by atoms with E-state index >= 15 is 0 Å². The Morgan fingerprint density at radius 2 is 2.20 bits per heavy atom. The number of rotatable bonds is 4. The van der Waals surface area contributed by atoms with Gasteiger partial charge >= 0.3 is 0 Å². The Balaban J connectivity index is 2.29. The van der Waals surface area contributed by atoms with Crippen LogP contribution >= 0.6 is 0 Å². The summed E-state index contributed by atoms with van der Waals surface area (Å²) < 4.78 is 0. The Labute approximate surface area is 118 Å². The van der Waals surface area contributed by atoms with Crippen molar-refractivity contribution in [2.45, 2.75) is 31.7 Å². The second-order valence-corrected chi connectivity index (χ2v) is 4.95. The molecule has 1 aromatic rings. The first kappa shape index (κ1) is 14.2. The second kappa shape index (κ2) is 6.32. The third kappa shape index (κ3) is 2.87. The molecule has 1 aliphatic heterocycles. The zero-order valence-corrected chi connectivity index (χ0v) is 11.3. The summed E-state index contributed by atoms with van der Waals surface area (Å²) in [6.45, 7) is 4.38. The van der Waals surface area contributed by atoms with Crippen LogP contribution in [-0.4, -0.2) is 28.3 Å². The molecule has 1 heterocycles. The highest BCUT2D eigenvalue weighted by Crippen LogP contribution is 2.25. The van der Waals surface area contributed by atoms with Gasteiger partial charge in [-0.2, -0.15) is 0 Å². The number of amides is 1. The van der Waals surface area contributed by atoms with Crippen molar-refractivity contribution in [1.29, 1.82) is 0 Å². The first-order valence-electron chi connectivity index (χ1n) is 6.80. The molecule has 1 unspecified atom stereocenters. The molecule has 1 aliphatic rings. The topological polar surface area (TPSA) is 63.5 Å². The molecule has 1 atom stereocenters. The summed E-state index contributed by atoms with van der Waals surface area (Å²) >= 11 is 0. The molecule has 1 amide bonds. The average Bonchev–Trinajstić information content (AvgIpc) is 2.47. The van der Waals surface area contributed by atoms with E-state index in [1.807, 2.05) is 0 Å². The first-order chi connectivity index (χ1) is 9.65. The van der Waals surface area contributed by atoms with Crippen molar-refractivity contribution in [3.8, 4) is 0 Å². The number of para-hydroxylation sites is 1. The molecule has 0 saturated carbocycles. The second-order valence-electron chi connectivity index (χ2n) is 4.95. The van der Waals surface area contributed by atoms with Crippen molar-refractivity contribution in [1.82, 2.24) is 4.90 Å². The lowest BCUT2D eigenvalue weighted by atomic mass is 9.98. The SMILES string of the molecule is C=CCC1CCCCN1C(=O)c1ccccc1[N+](=O)[O-]. The zero-order valence-electron chi connectivity index (χ0n) is 11.3. The molecule has 0 aliphatic carbocycles. The fourth-order valence-corrected chi connectivity index (χ4v) is 2.67. The lowest BCUT2D eigenvalue weighted by molar-refractivity contribution is -0.385. The van der Waals surface area contributed by atoms with E-state index in [1.165, 1.54) is 12.1 Å². The highest BCUT2D eigenvalue weighted by Gasteiger charge is 2.30.